The van der Waals surface area contributed by atoms with E-state index in [4.69, 9.17) is 4.74 Å². The monoisotopic (exact) mass is 286 g/mol. The maximum atomic E-state index is 12.1. The van der Waals surface area contributed by atoms with E-state index in [1.165, 1.54) is 0 Å². The second-order valence-corrected chi connectivity index (χ2v) is 7.92. The highest BCUT2D eigenvalue weighted by molar-refractivity contribution is 5.81. The van der Waals surface area contributed by atoms with E-state index in [0.717, 1.165) is 0 Å². The van der Waals surface area contributed by atoms with Gasteiger partial charge < -0.3 is 15.0 Å². The molecule has 0 aromatic heterocycles. The average molecular weight is 286 g/mol. The minimum atomic E-state index is -0.558. The lowest BCUT2D eigenvalue weighted by atomic mass is 9.94. The molecule has 0 unspecified atom stereocenters. The van der Waals surface area contributed by atoms with E-state index in [2.05, 4.69) is 5.32 Å². The van der Waals surface area contributed by atoms with Crippen molar-refractivity contribution in [3.63, 3.8) is 0 Å². The number of hydrogen-bond donors (Lipinski definition) is 1. The van der Waals surface area contributed by atoms with Gasteiger partial charge in [0.1, 0.15) is 5.60 Å². The molecule has 0 bridgehead atoms. The van der Waals surface area contributed by atoms with Gasteiger partial charge in [0.15, 0.2) is 0 Å². The normalized spacial score (nSPS) is 12.8. The summed E-state index contributed by atoms with van der Waals surface area (Å²) in [5.74, 6) is 0.0385. The highest BCUT2D eigenvalue weighted by Crippen LogP contribution is 2.18. The predicted octanol–water partition coefficient (Wildman–Crippen LogP) is 2.79. The summed E-state index contributed by atoms with van der Waals surface area (Å²) in [4.78, 5) is 25.6. The fraction of sp³-hybridized carbons (Fsp3) is 0.867. The summed E-state index contributed by atoms with van der Waals surface area (Å²) < 4.78 is 5.23. The lowest BCUT2D eigenvalue weighted by Crippen LogP contribution is -2.54. The molecule has 5 heteroatoms. The maximum Gasteiger partial charge on any atom is 0.408 e. The van der Waals surface area contributed by atoms with Crippen molar-refractivity contribution in [2.75, 3.05) is 13.6 Å². The molecule has 0 aliphatic rings. The van der Waals surface area contributed by atoms with E-state index >= 15 is 0 Å². The molecule has 0 rings (SSSR count). The zero-order chi connectivity index (χ0) is 16.4. The molecule has 0 saturated carbocycles. The minimum absolute atomic E-state index is 0.0385. The molecule has 20 heavy (non-hydrogen) atoms. The Morgan fingerprint density at radius 3 is 1.80 bits per heavy atom. The Labute approximate surface area is 123 Å². The van der Waals surface area contributed by atoms with Gasteiger partial charge in [0, 0.05) is 19.0 Å². The quantitative estimate of drug-likeness (QED) is 0.868. The summed E-state index contributed by atoms with van der Waals surface area (Å²) in [6.45, 7) is 15.2. The van der Waals surface area contributed by atoms with Crippen molar-refractivity contribution in [3.05, 3.63) is 0 Å². The van der Waals surface area contributed by atoms with Crippen LogP contribution in [0.5, 0.6) is 0 Å². The van der Waals surface area contributed by atoms with Crippen LogP contribution in [-0.4, -0.2) is 41.6 Å². The Morgan fingerprint density at radius 1 is 1.00 bits per heavy atom. The molecule has 0 aliphatic carbocycles. The minimum Gasteiger partial charge on any atom is -0.444 e. The third-order valence-corrected chi connectivity index (χ3v) is 2.46. The van der Waals surface area contributed by atoms with Gasteiger partial charge in [0.05, 0.1) is 5.54 Å². The van der Waals surface area contributed by atoms with Crippen LogP contribution in [0.4, 0.5) is 4.79 Å². The van der Waals surface area contributed by atoms with Crippen molar-refractivity contribution in [2.24, 2.45) is 5.41 Å². The van der Waals surface area contributed by atoms with Crippen molar-refractivity contribution in [2.45, 2.75) is 66.5 Å². The number of alkyl carbamates (subject to hydrolysis) is 1. The van der Waals surface area contributed by atoms with Crippen LogP contribution in [0, 0.1) is 5.41 Å². The lowest BCUT2D eigenvalue weighted by Gasteiger charge is -2.34. The second-order valence-electron chi connectivity index (χ2n) is 7.92. The van der Waals surface area contributed by atoms with Gasteiger partial charge >= 0.3 is 6.09 Å². The Bertz CT molecular complexity index is 362. The number of rotatable bonds is 3. The molecule has 1 N–H and O–H groups in total. The van der Waals surface area contributed by atoms with E-state index in [-0.39, 0.29) is 5.91 Å². The number of nitrogens with one attached hydrogen (secondary N) is 1. The van der Waals surface area contributed by atoms with E-state index in [0.29, 0.717) is 6.54 Å². The van der Waals surface area contributed by atoms with E-state index in [9.17, 15) is 9.59 Å². The molecule has 5 nitrogen and oxygen atoms in total. The van der Waals surface area contributed by atoms with E-state index in [1.807, 2.05) is 55.4 Å². The Hall–Kier alpha value is -1.26. The molecule has 0 spiro atoms. The smallest absolute Gasteiger partial charge is 0.408 e. The molecular formula is C15H30N2O3. The average Bonchev–Trinajstić information content (AvgIpc) is 2.09. The van der Waals surface area contributed by atoms with Gasteiger partial charge in [-0.3, -0.25) is 4.79 Å². The summed E-state index contributed by atoms with van der Waals surface area (Å²) in [5.41, 5.74) is -1.53. The molecule has 118 valence electrons. The molecular weight excluding hydrogens is 256 g/mol. The van der Waals surface area contributed by atoms with Gasteiger partial charge in [0.25, 0.3) is 0 Å². The molecule has 0 heterocycles. The number of nitrogens with zero attached hydrogens (tertiary/aromatic N) is 1. The summed E-state index contributed by atoms with van der Waals surface area (Å²) in [7, 11) is 1.74. The number of ether oxygens (including phenoxy) is 1. The summed E-state index contributed by atoms with van der Waals surface area (Å²) in [5, 5.41) is 2.79. The van der Waals surface area contributed by atoms with Crippen LogP contribution in [0.15, 0.2) is 0 Å². The van der Waals surface area contributed by atoms with Crippen molar-refractivity contribution < 1.29 is 14.3 Å². The molecule has 0 aliphatic heterocycles. The first-order valence-electron chi connectivity index (χ1n) is 6.91. The third kappa shape index (κ3) is 7.36. The van der Waals surface area contributed by atoms with Gasteiger partial charge in [-0.15, -0.1) is 0 Å². The lowest BCUT2D eigenvalue weighted by molar-refractivity contribution is -0.138. The topological polar surface area (TPSA) is 58.6 Å². The number of carbonyl (C=O) groups excluding carboxylic acids is 2. The highest BCUT2D eigenvalue weighted by Gasteiger charge is 2.31. The van der Waals surface area contributed by atoms with Crippen molar-refractivity contribution in [1.29, 1.82) is 0 Å². The van der Waals surface area contributed by atoms with Crippen LogP contribution in [0.25, 0.3) is 0 Å². The molecule has 2 amide bonds. The molecule has 0 atom stereocenters. The van der Waals surface area contributed by atoms with Crippen LogP contribution < -0.4 is 5.32 Å². The van der Waals surface area contributed by atoms with Crippen LogP contribution >= 0.6 is 0 Å². The number of amides is 2. The molecule has 0 aromatic carbocycles. The predicted molar refractivity (Wildman–Crippen MR) is 80.5 cm³/mol. The number of hydrogen-bond acceptors (Lipinski definition) is 3. The first-order chi connectivity index (χ1) is 8.64. The first-order valence-corrected chi connectivity index (χ1v) is 6.91. The first kappa shape index (κ1) is 18.7. The van der Waals surface area contributed by atoms with Gasteiger partial charge in [-0.1, -0.05) is 20.8 Å². The molecule has 0 fully saturated rings. The summed E-state index contributed by atoms with van der Waals surface area (Å²) >= 11 is 0. The van der Waals surface area contributed by atoms with Crippen LogP contribution in [0.2, 0.25) is 0 Å². The van der Waals surface area contributed by atoms with Crippen LogP contribution in [-0.2, 0) is 9.53 Å². The third-order valence-electron chi connectivity index (χ3n) is 2.46. The van der Waals surface area contributed by atoms with Gasteiger partial charge in [0.2, 0.25) is 5.91 Å². The van der Waals surface area contributed by atoms with Gasteiger partial charge in [-0.25, -0.2) is 4.79 Å². The van der Waals surface area contributed by atoms with Crippen molar-refractivity contribution in [3.8, 4) is 0 Å². The maximum absolute atomic E-state index is 12.1. The molecule has 0 aromatic rings. The van der Waals surface area contributed by atoms with E-state index in [1.54, 1.807) is 11.9 Å². The summed E-state index contributed by atoms with van der Waals surface area (Å²) in [6.07, 6.45) is -0.473. The second kappa shape index (κ2) is 6.02. The van der Waals surface area contributed by atoms with Crippen molar-refractivity contribution >= 4 is 12.0 Å². The van der Waals surface area contributed by atoms with Crippen LogP contribution in [0.3, 0.4) is 0 Å². The molecule has 0 radical (unpaired) electrons. The zero-order valence-electron chi connectivity index (χ0n) is 14.4. The summed E-state index contributed by atoms with van der Waals surface area (Å²) in [6, 6.07) is 0. The number of likely N-dealkylation sites (N-methyl/N-ethyl adjacent to an activating group) is 1. The van der Waals surface area contributed by atoms with Crippen LogP contribution in [0.1, 0.15) is 55.4 Å². The van der Waals surface area contributed by atoms with Gasteiger partial charge in [-0.2, -0.15) is 0 Å². The highest BCUT2D eigenvalue weighted by atomic mass is 16.6. The van der Waals surface area contributed by atoms with Crippen molar-refractivity contribution in [1.82, 2.24) is 10.2 Å². The molecule has 0 saturated heterocycles. The van der Waals surface area contributed by atoms with Gasteiger partial charge in [-0.05, 0) is 34.6 Å². The zero-order valence-corrected chi connectivity index (χ0v) is 14.4. The fourth-order valence-electron chi connectivity index (χ4n) is 1.86. The Balaban J connectivity index is 4.60. The van der Waals surface area contributed by atoms with E-state index < -0.39 is 22.6 Å². The Morgan fingerprint density at radius 2 is 1.45 bits per heavy atom. The number of carbonyl (C=O) groups is 2. The Kier molecular flexibility index (Phi) is 5.64. The SMILES string of the molecule is CN(CC(C)(C)NC(=O)OC(C)(C)C)C(=O)C(C)(C)C. The standard InChI is InChI=1S/C15H30N2O3/c1-13(2,3)11(18)17(9)10-15(7,8)16-12(19)20-14(4,5)6/h10H2,1-9H3,(H,16,19). The largest absolute Gasteiger partial charge is 0.444 e. The fourth-order valence-corrected chi connectivity index (χ4v) is 1.86.